The molecule has 0 atom stereocenters. The average Bonchev–Trinajstić information content (AvgIpc) is 2.73. The number of nitrogens with zero attached hydrogens (tertiary/aromatic N) is 3. The Hall–Kier alpha value is -1.89. The first kappa shape index (κ1) is 13.5. The molecule has 0 fully saturated rings. The Balaban J connectivity index is 2.36. The second-order valence-corrected chi connectivity index (χ2v) is 6.68. The lowest BCUT2D eigenvalue weighted by Gasteiger charge is -2.16. The molecule has 0 saturated carbocycles. The largest absolute Gasteiger partial charge is 0.357 e. The molecule has 19 heavy (non-hydrogen) atoms. The number of anilines is 1. The molecule has 0 N–H and O–H groups in total. The summed E-state index contributed by atoms with van der Waals surface area (Å²) in [4.78, 5) is 17.2. The van der Waals surface area contributed by atoms with Crippen molar-refractivity contribution in [1.29, 1.82) is 0 Å². The summed E-state index contributed by atoms with van der Waals surface area (Å²) in [5, 5.41) is 0. The second-order valence-electron chi connectivity index (χ2n) is 4.42. The summed E-state index contributed by atoms with van der Waals surface area (Å²) in [6.07, 6.45) is 3.66. The van der Waals surface area contributed by atoms with Crippen LogP contribution in [0.5, 0.6) is 0 Å². The smallest absolute Gasteiger partial charge is 0.170 e. The van der Waals surface area contributed by atoms with Gasteiger partial charge in [-0.25, -0.2) is 13.4 Å². The number of imidazole rings is 1. The van der Waals surface area contributed by atoms with Crippen LogP contribution in [0.4, 0.5) is 5.82 Å². The highest BCUT2D eigenvalue weighted by atomic mass is 32.2. The first-order valence-corrected chi connectivity index (χ1v) is 7.79. The van der Waals surface area contributed by atoms with Gasteiger partial charge in [0.1, 0.15) is 21.2 Å². The molecule has 2 aromatic rings. The topological polar surface area (TPSA) is 71.8 Å². The van der Waals surface area contributed by atoms with Crippen molar-refractivity contribution >= 4 is 27.6 Å². The highest BCUT2D eigenvalue weighted by Gasteiger charge is 2.16. The number of pyridine rings is 1. The molecular formula is C12H15N3O3S. The van der Waals surface area contributed by atoms with E-state index >= 15 is 0 Å². The van der Waals surface area contributed by atoms with Crippen molar-refractivity contribution in [2.24, 2.45) is 0 Å². The zero-order valence-corrected chi connectivity index (χ0v) is 11.6. The molecule has 7 heteroatoms. The van der Waals surface area contributed by atoms with Gasteiger partial charge in [0.05, 0.1) is 5.75 Å². The predicted octanol–water partition coefficient (Wildman–Crippen LogP) is 0.628. The van der Waals surface area contributed by atoms with Gasteiger partial charge in [0.15, 0.2) is 12.1 Å². The van der Waals surface area contributed by atoms with Gasteiger partial charge in [-0.15, -0.1) is 0 Å². The lowest BCUT2D eigenvalue weighted by Crippen LogP contribution is -2.26. The third-order valence-electron chi connectivity index (χ3n) is 2.82. The fourth-order valence-corrected chi connectivity index (χ4v) is 2.41. The third-order valence-corrected chi connectivity index (χ3v) is 3.74. The van der Waals surface area contributed by atoms with Crippen LogP contribution in [0.15, 0.2) is 24.4 Å². The molecule has 2 heterocycles. The number of hydrogen-bond acceptors (Lipinski definition) is 5. The Bertz CT molecular complexity index is 706. The summed E-state index contributed by atoms with van der Waals surface area (Å²) in [6, 6.07) is 5.43. The van der Waals surface area contributed by atoms with Gasteiger partial charge in [0.2, 0.25) is 0 Å². The molecule has 0 spiro atoms. The predicted molar refractivity (Wildman–Crippen MR) is 73.6 cm³/mol. The van der Waals surface area contributed by atoms with Gasteiger partial charge in [-0.3, -0.25) is 9.20 Å². The minimum atomic E-state index is -3.04. The molecule has 0 aromatic carbocycles. The Morgan fingerprint density at radius 1 is 1.42 bits per heavy atom. The number of fused-ring (bicyclic) bond motifs is 1. The van der Waals surface area contributed by atoms with Gasteiger partial charge in [-0.2, -0.15) is 0 Å². The monoisotopic (exact) mass is 281 g/mol. The molecule has 0 aliphatic rings. The SMILES string of the molecule is CN(CCS(C)(=O)=O)c1nc2ccccn2c1C=O. The van der Waals surface area contributed by atoms with E-state index in [-0.39, 0.29) is 5.75 Å². The van der Waals surface area contributed by atoms with Crippen molar-refractivity contribution in [1.82, 2.24) is 9.38 Å². The molecule has 0 unspecified atom stereocenters. The standard InChI is InChI=1S/C12H15N3O3S/c1-14(7-8-19(2,17)18)12-10(9-16)15-6-4-3-5-11(15)13-12/h3-6,9H,7-8H2,1-2H3. The van der Waals surface area contributed by atoms with Crippen molar-refractivity contribution in [2.75, 3.05) is 30.5 Å². The molecule has 2 rings (SSSR count). The molecule has 0 amide bonds. The van der Waals surface area contributed by atoms with E-state index in [1.54, 1.807) is 28.6 Å². The molecule has 0 bridgehead atoms. The summed E-state index contributed by atoms with van der Waals surface area (Å²) in [5.74, 6) is 0.514. The molecular weight excluding hydrogens is 266 g/mol. The Morgan fingerprint density at radius 3 is 2.79 bits per heavy atom. The summed E-state index contributed by atoms with van der Waals surface area (Å²) in [5.41, 5.74) is 1.08. The summed E-state index contributed by atoms with van der Waals surface area (Å²) in [7, 11) is -1.32. The van der Waals surface area contributed by atoms with Gasteiger partial charge < -0.3 is 4.90 Å². The summed E-state index contributed by atoms with van der Waals surface area (Å²) in [6.45, 7) is 0.295. The number of hydrogen-bond donors (Lipinski definition) is 0. The number of carbonyl (C=O) groups is 1. The van der Waals surface area contributed by atoms with Crippen LogP contribution in [0.3, 0.4) is 0 Å². The first-order chi connectivity index (χ1) is 8.92. The maximum absolute atomic E-state index is 11.2. The highest BCUT2D eigenvalue weighted by Crippen LogP contribution is 2.18. The van der Waals surface area contributed by atoms with Crippen LogP contribution in [0.2, 0.25) is 0 Å². The van der Waals surface area contributed by atoms with Gasteiger partial charge in [-0.05, 0) is 12.1 Å². The van der Waals surface area contributed by atoms with E-state index in [0.29, 0.717) is 23.7 Å². The van der Waals surface area contributed by atoms with Crippen molar-refractivity contribution in [3.63, 3.8) is 0 Å². The molecule has 0 saturated heterocycles. The normalized spacial score (nSPS) is 11.7. The van der Waals surface area contributed by atoms with E-state index in [0.717, 1.165) is 6.29 Å². The number of rotatable bonds is 5. The van der Waals surface area contributed by atoms with Crippen molar-refractivity contribution < 1.29 is 13.2 Å². The van der Waals surface area contributed by atoms with E-state index in [2.05, 4.69) is 4.98 Å². The number of aldehydes is 1. The van der Waals surface area contributed by atoms with Crippen LogP contribution >= 0.6 is 0 Å². The van der Waals surface area contributed by atoms with Crippen LogP contribution in [-0.4, -0.2) is 49.7 Å². The van der Waals surface area contributed by atoms with Crippen LogP contribution in [0.25, 0.3) is 5.65 Å². The molecule has 0 aliphatic carbocycles. The van der Waals surface area contributed by atoms with Gasteiger partial charge in [-0.1, -0.05) is 6.07 Å². The fraction of sp³-hybridized carbons (Fsp3) is 0.333. The molecule has 0 radical (unpaired) electrons. The zero-order chi connectivity index (χ0) is 14.0. The van der Waals surface area contributed by atoms with Gasteiger partial charge in [0.25, 0.3) is 0 Å². The summed E-state index contributed by atoms with van der Waals surface area (Å²) >= 11 is 0. The van der Waals surface area contributed by atoms with E-state index in [1.165, 1.54) is 6.26 Å². The molecule has 102 valence electrons. The van der Waals surface area contributed by atoms with Gasteiger partial charge >= 0.3 is 0 Å². The van der Waals surface area contributed by atoms with Crippen LogP contribution in [0.1, 0.15) is 10.5 Å². The van der Waals surface area contributed by atoms with Crippen LogP contribution < -0.4 is 4.90 Å². The third kappa shape index (κ3) is 2.93. The quantitative estimate of drug-likeness (QED) is 0.752. The first-order valence-electron chi connectivity index (χ1n) is 5.73. The molecule has 6 nitrogen and oxygen atoms in total. The van der Waals surface area contributed by atoms with E-state index < -0.39 is 9.84 Å². The number of carbonyl (C=O) groups excluding carboxylic acids is 1. The maximum Gasteiger partial charge on any atom is 0.170 e. The highest BCUT2D eigenvalue weighted by molar-refractivity contribution is 7.90. The minimum Gasteiger partial charge on any atom is -0.357 e. The lowest BCUT2D eigenvalue weighted by molar-refractivity contribution is 0.111. The van der Waals surface area contributed by atoms with Gasteiger partial charge in [0, 0.05) is 26.0 Å². The minimum absolute atomic E-state index is 0.0235. The zero-order valence-electron chi connectivity index (χ0n) is 10.8. The van der Waals surface area contributed by atoms with Crippen LogP contribution in [0, 0.1) is 0 Å². The van der Waals surface area contributed by atoms with Crippen LogP contribution in [-0.2, 0) is 9.84 Å². The van der Waals surface area contributed by atoms with Crippen molar-refractivity contribution in [3.8, 4) is 0 Å². The average molecular weight is 281 g/mol. The van der Waals surface area contributed by atoms with E-state index in [1.807, 2.05) is 12.1 Å². The summed E-state index contributed by atoms with van der Waals surface area (Å²) < 4.78 is 24.0. The molecule has 0 aliphatic heterocycles. The second kappa shape index (κ2) is 5.00. The maximum atomic E-state index is 11.2. The number of aromatic nitrogens is 2. The lowest BCUT2D eigenvalue weighted by atomic mass is 10.4. The van der Waals surface area contributed by atoms with Crippen molar-refractivity contribution in [2.45, 2.75) is 0 Å². The Morgan fingerprint density at radius 2 is 2.16 bits per heavy atom. The van der Waals surface area contributed by atoms with E-state index in [4.69, 9.17) is 0 Å². The Labute approximate surface area is 111 Å². The van der Waals surface area contributed by atoms with E-state index in [9.17, 15) is 13.2 Å². The molecule has 2 aromatic heterocycles. The Kier molecular flexibility index (Phi) is 3.57. The fourth-order valence-electron chi connectivity index (χ4n) is 1.80. The van der Waals surface area contributed by atoms with Crippen molar-refractivity contribution in [3.05, 3.63) is 30.1 Å². The number of sulfone groups is 1.